The van der Waals surface area contributed by atoms with Crippen LogP contribution in [0.3, 0.4) is 0 Å². The Balaban J connectivity index is 0.000000173. The van der Waals surface area contributed by atoms with Crippen LogP contribution < -0.4 is 36.6 Å². The van der Waals surface area contributed by atoms with Crippen molar-refractivity contribution >= 4 is 122 Å². The molecule has 3 fully saturated rings. The van der Waals surface area contributed by atoms with Crippen LogP contribution in [0.15, 0.2) is 173 Å². The second-order valence-electron chi connectivity index (χ2n) is 25.8. The second kappa shape index (κ2) is 38.3. The molecule has 27 nitrogen and oxygen atoms in total. The Morgan fingerprint density at radius 3 is 1.18 bits per heavy atom. The van der Waals surface area contributed by atoms with Gasteiger partial charge in [-0.25, -0.2) is 59.5 Å². The molecule has 6 heterocycles. The molecule has 0 unspecified atom stereocenters. The monoisotopic (exact) mass is 1570 g/mol. The van der Waals surface area contributed by atoms with Crippen molar-refractivity contribution in [2.75, 3.05) is 115 Å². The Hall–Kier alpha value is -9.83. The lowest BCUT2D eigenvalue weighted by Gasteiger charge is -2.14. The van der Waals surface area contributed by atoms with Gasteiger partial charge in [0, 0.05) is 22.6 Å². The SMILES string of the molecule is COc1ccc(Cl)c(C(=O)Nc2cnc(Nc3ccc(S(=O)(=O)CCCN4CCCC4)cc3)nc2)c1.Cc1ccc(CO)cc1C(=O)Nc1cnc(Nc2ccc(S(=O)(=O)CCCN3CCCC3)cc2)nc1.O=C(Nc1cnc(Nc2ccc(S(=O)(=O)CCCN3CCCC3)cc2)nc1)c1c(Cl)ccc(O)c1F. The highest BCUT2D eigenvalue weighted by Gasteiger charge is 2.24. The fourth-order valence-electron chi connectivity index (χ4n) is 12.0. The molecule has 0 bridgehead atoms. The van der Waals surface area contributed by atoms with E-state index in [4.69, 9.17) is 27.9 Å². The number of anilines is 9. The molecule has 0 saturated carbocycles. The molecule has 6 aromatic carbocycles. The topological polar surface area (TPSA) is 363 Å². The summed E-state index contributed by atoms with van der Waals surface area (Å²) < 4.78 is 95.0. The zero-order valence-corrected chi connectivity index (χ0v) is 63.4. The van der Waals surface area contributed by atoms with Crippen LogP contribution in [0.5, 0.6) is 11.5 Å². The van der Waals surface area contributed by atoms with Gasteiger partial charge in [0.25, 0.3) is 17.7 Å². The van der Waals surface area contributed by atoms with Gasteiger partial charge in [0.15, 0.2) is 41.1 Å². The summed E-state index contributed by atoms with van der Waals surface area (Å²) in [5, 5.41) is 35.8. The number of likely N-dealkylation sites (tertiary alicyclic amines) is 3. The zero-order valence-electron chi connectivity index (χ0n) is 59.4. The number of aliphatic hydroxyl groups is 1. The molecule has 3 amide bonds. The number of hydrogen-bond donors (Lipinski definition) is 8. The van der Waals surface area contributed by atoms with Crippen molar-refractivity contribution in [1.29, 1.82) is 0 Å². The van der Waals surface area contributed by atoms with E-state index in [1.165, 1.54) is 101 Å². The summed E-state index contributed by atoms with van der Waals surface area (Å²) in [6.45, 7) is 10.4. The maximum atomic E-state index is 14.1. The number of nitrogens with one attached hydrogen (secondary N) is 6. The summed E-state index contributed by atoms with van der Waals surface area (Å²) in [7, 11) is -8.52. The van der Waals surface area contributed by atoms with Crippen LogP contribution >= 0.6 is 23.2 Å². The standard InChI is InChI=1S/C26H31N5O4S.C25H28ClN5O4S.C24H25ClFN5O4S/c1-19-5-6-20(18-32)15-24(19)25(33)29-22-16-27-26(28-17-22)30-21-7-9-23(10-8-21)36(34,35)14-4-13-31-11-2-3-12-31;1-35-20-7-10-23(26)22(15-20)24(32)29-19-16-27-25(28-17-19)30-18-5-8-21(9-6-18)36(33,34)14-4-13-31-11-2-3-12-31;25-19-8-9-20(32)22(26)21(19)23(33)29-17-14-27-24(28-15-17)30-16-4-6-18(7-5-16)36(34,35)13-3-12-31-10-1-2-11-31/h5-10,15-17,32H,2-4,11-14,18H2,1H3,(H,29,33)(H,27,28,30);5-10,15-17H,2-4,11-14H2,1H3,(H,29,32)(H,27,28,30);4-9,14-15,32H,1-3,10-13H2,(H,29,33)(H,27,28,30). The first-order valence-electron chi connectivity index (χ1n) is 35.0. The van der Waals surface area contributed by atoms with E-state index in [1.54, 1.807) is 97.1 Å². The number of aryl methyl sites for hydroxylation is 1. The average Bonchev–Trinajstić information content (AvgIpc) is 0.945. The smallest absolute Gasteiger partial charge is 0.260 e. The molecule has 9 aromatic rings. The summed E-state index contributed by atoms with van der Waals surface area (Å²) in [5.74, 6) is -1.72. The van der Waals surface area contributed by atoms with Crippen LogP contribution in [0, 0.1) is 12.7 Å². The molecule has 3 saturated heterocycles. The first-order chi connectivity index (χ1) is 51.9. The molecule has 0 spiro atoms. The molecule has 0 aliphatic carbocycles. The highest BCUT2D eigenvalue weighted by Crippen LogP contribution is 2.30. The molecule has 0 atom stereocenters. The van der Waals surface area contributed by atoms with Gasteiger partial charge in [-0.15, -0.1) is 0 Å². The average molecular weight is 1570 g/mol. The lowest BCUT2D eigenvalue weighted by atomic mass is 10.0. The first-order valence-corrected chi connectivity index (χ1v) is 40.7. The van der Waals surface area contributed by atoms with Crippen LogP contribution in [-0.4, -0.2) is 181 Å². The molecule has 570 valence electrons. The molecular weight excluding hydrogens is 1490 g/mol. The Bertz CT molecular complexity index is 4690. The van der Waals surface area contributed by atoms with E-state index in [0.29, 0.717) is 91.3 Å². The Labute approximate surface area is 636 Å². The van der Waals surface area contributed by atoms with Gasteiger partial charge in [-0.1, -0.05) is 35.3 Å². The molecule has 8 N–H and O–H groups in total. The Morgan fingerprint density at radius 2 is 0.815 bits per heavy atom. The summed E-state index contributed by atoms with van der Waals surface area (Å²) in [5.41, 5.74) is 4.56. The van der Waals surface area contributed by atoms with E-state index in [-0.39, 0.29) is 56.9 Å². The van der Waals surface area contributed by atoms with E-state index in [9.17, 15) is 54.2 Å². The number of aromatic hydroxyl groups is 1. The predicted octanol–water partition coefficient (Wildman–Crippen LogP) is 12.2. The molecule has 12 rings (SSSR count). The third-order valence-electron chi connectivity index (χ3n) is 17.8. The number of hydrogen-bond acceptors (Lipinski definition) is 24. The van der Waals surface area contributed by atoms with Crippen molar-refractivity contribution in [3.05, 3.63) is 202 Å². The lowest BCUT2D eigenvalue weighted by Crippen LogP contribution is -2.22. The minimum absolute atomic E-state index is 0.101. The Kier molecular flexibility index (Phi) is 28.6. The number of methoxy groups -OCH3 is 1. The highest BCUT2D eigenvalue weighted by molar-refractivity contribution is 7.92. The van der Waals surface area contributed by atoms with E-state index >= 15 is 0 Å². The van der Waals surface area contributed by atoms with Gasteiger partial charge in [0.1, 0.15) is 5.75 Å². The number of amides is 3. The molecule has 3 aliphatic heterocycles. The number of sulfone groups is 3. The number of phenols is 1. The van der Waals surface area contributed by atoms with E-state index < -0.39 is 58.5 Å². The maximum absolute atomic E-state index is 14.1. The number of aromatic nitrogens is 6. The molecule has 0 radical (unpaired) electrons. The highest BCUT2D eigenvalue weighted by atomic mass is 35.5. The van der Waals surface area contributed by atoms with Gasteiger partial charge in [-0.2, -0.15) is 0 Å². The molecule has 3 aromatic heterocycles. The van der Waals surface area contributed by atoms with Crippen molar-refractivity contribution in [2.45, 2.75) is 86.0 Å². The number of aliphatic hydroxyl groups excluding tert-OH is 1. The van der Waals surface area contributed by atoms with Gasteiger partial charge < -0.3 is 61.6 Å². The number of carbonyl (C=O) groups is 3. The van der Waals surface area contributed by atoms with E-state index in [2.05, 4.69) is 76.5 Å². The first kappa shape index (κ1) is 80.7. The number of ether oxygens (including phenoxy) is 1. The summed E-state index contributed by atoms with van der Waals surface area (Å²) >= 11 is 12.0. The van der Waals surface area contributed by atoms with Gasteiger partial charge in [-0.3, -0.25) is 14.4 Å². The van der Waals surface area contributed by atoms with Gasteiger partial charge in [-0.05, 0) is 244 Å². The van der Waals surface area contributed by atoms with Crippen LogP contribution in [0.4, 0.5) is 56.4 Å². The number of rotatable bonds is 29. The normalized spacial score (nSPS) is 14.0. The Morgan fingerprint density at radius 1 is 0.463 bits per heavy atom. The maximum Gasteiger partial charge on any atom is 0.260 e. The zero-order chi connectivity index (χ0) is 76.8. The van der Waals surface area contributed by atoms with Gasteiger partial charge in [0.05, 0.1) is 121 Å². The second-order valence-corrected chi connectivity index (χ2v) is 32.9. The van der Waals surface area contributed by atoms with Crippen LogP contribution in [0.25, 0.3) is 0 Å². The van der Waals surface area contributed by atoms with Crippen LogP contribution in [-0.2, 0) is 36.1 Å². The van der Waals surface area contributed by atoms with Crippen LogP contribution in [0.1, 0.15) is 100.0 Å². The number of benzene rings is 6. The quantitative estimate of drug-likeness (QED) is 0.0216. The third-order valence-corrected chi connectivity index (χ3v) is 23.9. The lowest BCUT2D eigenvalue weighted by molar-refractivity contribution is 0.101. The van der Waals surface area contributed by atoms with Crippen molar-refractivity contribution in [3.8, 4) is 11.5 Å². The van der Waals surface area contributed by atoms with Crippen molar-refractivity contribution in [1.82, 2.24) is 44.6 Å². The summed E-state index contributed by atoms with van der Waals surface area (Å²) in [6, 6.07) is 31.7. The fraction of sp³-hybridized carbons (Fsp3) is 0.320. The van der Waals surface area contributed by atoms with Crippen molar-refractivity contribution in [3.63, 3.8) is 0 Å². The van der Waals surface area contributed by atoms with E-state index in [0.717, 1.165) is 70.5 Å². The molecule has 108 heavy (non-hydrogen) atoms. The van der Waals surface area contributed by atoms with Gasteiger partial charge in [0.2, 0.25) is 17.8 Å². The number of phenolic OH excluding ortho intramolecular Hbond substituents is 1. The van der Waals surface area contributed by atoms with Crippen LogP contribution in [0.2, 0.25) is 10.0 Å². The number of nitrogens with zero attached hydrogens (tertiary/aromatic N) is 9. The minimum atomic E-state index is -3.37. The van der Waals surface area contributed by atoms with E-state index in [1.807, 2.05) is 6.92 Å². The minimum Gasteiger partial charge on any atom is -0.505 e. The number of halogens is 3. The molecule has 33 heteroatoms. The predicted molar refractivity (Wildman–Crippen MR) is 414 cm³/mol. The van der Waals surface area contributed by atoms with Crippen molar-refractivity contribution in [2.24, 2.45) is 0 Å². The van der Waals surface area contributed by atoms with Crippen molar-refractivity contribution < 1.29 is 59.0 Å². The van der Waals surface area contributed by atoms with Gasteiger partial charge >= 0.3 is 0 Å². The largest absolute Gasteiger partial charge is 0.505 e. The molecular formula is C75H84Cl2FN15O12S3. The number of carbonyl (C=O) groups excluding carboxylic acids is 3. The summed E-state index contributed by atoms with van der Waals surface area (Å²) in [4.78, 5) is 70.4. The summed E-state index contributed by atoms with van der Waals surface area (Å²) in [6.07, 6.45) is 17.5. The third kappa shape index (κ3) is 23.3. The fourth-order valence-corrected chi connectivity index (χ4v) is 16.3. The molecule has 3 aliphatic rings.